The Bertz CT molecular complexity index is 1170. The molecule has 0 bridgehead atoms. The molecule has 1 aliphatic heterocycles. The first-order valence-corrected chi connectivity index (χ1v) is 13.7. The van der Waals surface area contributed by atoms with Crippen molar-refractivity contribution in [2.45, 2.75) is 43.1 Å². The number of hydrogen-bond donors (Lipinski definition) is 2. The number of benzene rings is 2. The molecule has 0 radical (unpaired) electrons. The van der Waals surface area contributed by atoms with Gasteiger partial charge in [0.2, 0.25) is 0 Å². The molecule has 0 spiro atoms. The smallest absolute Gasteiger partial charge is 0.309 e. The van der Waals surface area contributed by atoms with E-state index in [1.165, 1.54) is 11.1 Å². The van der Waals surface area contributed by atoms with Crippen LogP contribution in [-0.4, -0.2) is 58.6 Å². The number of carboxylic acid groups (broad SMARTS) is 1. The van der Waals surface area contributed by atoms with Gasteiger partial charge in [-0.15, -0.1) is 11.8 Å². The molecule has 1 saturated heterocycles. The molecule has 1 fully saturated rings. The van der Waals surface area contributed by atoms with Gasteiger partial charge in [-0.25, -0.2) is 0 Å². The first-order valence-electron chi connectivity index (χ1n) is 12.4. The van der Waals surface area contributed by atoms with Crippen LogP contribution in [0.25, 0.3) is 10.9 Å². The Hall–Kier alpha value is -2.32. The summed E-state index contributed by atoms with van der Waals surface area (Å²) < 4.78 is 5.33. The number of pyridine rings is 1. The van der Waals surface area contributed by atoms with Crippen LogP contribution in [0.2, 0.25) is 5.02 Å². The molecule has 0 amide bonds. The molecular formula is C28H33ClN2O4S. The lowest BCUT2D eigenvalue weighted by atomic mass is 9.74. The van der Waals surface area contributed by atoms with Gasteiger partial charge in [-0.05, 0) is 87.8 Å². The van der Waals surface area contributed by atoms with Crippen LogP contribution in [0.4, 0.5) is 0 Å². The van der Waals surface area contributed by atoms with Crippen molar-refractivity contribution in [2.24, 2.45) is 5.41 Å². The van der Waals surface area contributed by atoms with Gasteiger partial charge in [-0.1, -0.05) is 29.8 Å². The van der Waals surface area contributed by atoms with E-state index in [0.29, 0.717) is 47.5 Å². The zero-order valence-corrected chi connectivity index (χ0v) is 22.1. The number of carboxylic acids is 1. The van der Waals surface area contributed by atoms with Gasteiger partial charge in [0.05, 0.1) is 29.2 Å². The molecule has 1 atom stereocenters. The first kappa shape index (κ1) is 26.7. The Morgan fingerprint density at radius 1 is 1.22 bits per heavy atom. The fourth-order valence-electron chi connectivity index (χ4n) is 4.96. The number of piperidine rings is 1. The number of ether oxygens (including phenoxy) is 1. The van der Waals surface area contributed by atoms with Crippen molar-refractivity contribution in [1.82, 2.24) is 9.88 Å². The van der Waals surface area contributed by atoms with Crippen LogP contribution in [-0.2, 0) is 4.79 Å². The normalized spacial score (nSPS) is 16.6. The highest BCUT2D eigenvalue weighted by Crippen LogP contribution is 2.41. The van der Waals surface area contributed by atoms with Crippen LogP contribution in [0.1, 0.15) is 43.8 Å². The highest BCUT2D eigenvalue weighted by molar-refractivity contribution is 7.99. The number of aromatic nitrogens is 1. The minimum absolute atomic E-state index is 0.316. The largest absolute Gasteiger partial charge is 0.497 e. The lowest BCUT2D eigenvalue weighted by Crippen LogP contribution is -2.44. The predicted molar refractivity (Wildman–Crippen MR) is 145 cm³/mol. The van der Waals surface area contributed by atoms with E-state index in [0.717, 1.165) is 37.2 Å². The van der Waals surface area contributed by atoms with E-state index in [9.17, 15) is 15.0 Å². The average molecular weight is 529 g/mol. The second-order valence-electron chi connectivity index (χ2n) is 9.40. The third kappa shape index (κ3) is 6.32. The van der Waals surface area contributed by atoms with Crippen molar-refractivity contribution in [3.63, 3.8) is 0 Å². The highest BCUT2D eigenvalue weighted by Gasteiger charge is 2.41. The van der Waals surface area contributed by atoms with E-state index in [2.05, 4.69) is 34.1 Å². The first-order chi connectivity index (χ1) is 17.4. The molecular weight excluding hydrogens is 496 g/mol. The van der Waals surface area contributed by atoms with Crippen LogP contribution < -0.4 is 4.74 Å². The van der Waals surface area contributed by atoms with Gasteiger partial charge in [0.1, 0.15) is 5.75 Å². The molecule has 3 aromatic rings. The monoisotopic (exact) mass is 528 g/mol. The van der Waals surface area contributed by atoms with Gasteiger partial charge in [0.15, 0.2) is 0 Å². The molecule has 0 aliphatic carbocycles. The van der Waals surface area contributed by atoms with Crippen molar-refractivity contribution in [3.8, 4) is 5.75 Å². The summed E-state index contributed by atoms with van der Waals surface area (Å²) in [6.07, 6.45) is 3.59. The van der Waals surface area contributed by atoms with Gasteiger partial charge in [0.25, 0.3) is 0 Å². The summed E-state index contributed by atoms with van der Waals surface area (Å²) in [5, 5.41) is 22.4. The third-order valence-corrected chi connectivity index (χ3v) is 8.59. The van der Waals surface area contributed by atoms with Crippen molar-refractivity contribution >= 4 is 40.2 Å². The minimum atomic E-state index is -0.889. The standard InChI is InChI=1S/C28H33ClN2O4S/c1-35-20-8-9-24-22(18-20)26(23(29)19-30-24)25(32)10-11-28(27(33)34)12-15-31(16-13-28)14-5-17-36-21-6-3-2-4-7-21/h2-4,6-9,18-19,25,32H,5,10-17H2,1H3,(H,33,34)/t25-/m0/s1. The van der Waals surface area contributed by atoms with E-state index in [4.69, 9.17) is 16.3 Å². The lowest BCUT2D eigenvalue weighted by Gasteiger charge is -2.39. The van der Waals surface area contributed by atoms with E-state index < -0.39 is 17.5 Å². The average Bonchev–Trinajstić information content (AvgIpc) is 2.90. The molecule has 2 heterocycles. The van der Waals surface area contributed by atoms with Gasteiger partial charge >= 0.3 is 5.97 Å². The van der Waals surface area contributed by atoms with Gasteiger partial charge in [0, 0.05) is 22.0 Å². The van der Waals surface area contributed by atoms with Crippen LogP contribution in [0.15, 0.2) is 59.6 Å². The maximum Gasteiger partial charge on any atom is 0.309 e. The molecule has 1 aliphatic rings. The number of carbonyl (C=O) groups is 1. The summed E-state index contributed by atoms with van der Waals surface area (Å²) in [6.45, 7) is 2.49. The number of thioether (sulfide) groups is 1. The summed E-state index contributed by atoms with van der Waals surface area (Å²) >= 11 is 8.30. The van der Waals surface area contributed by atoms with Crippen molar-refractivity contribution in [2.75, 3.05) is 32.5 Å². The van der Waals surface area contributed by atoms with E-state index in [1.807, 2.05) is 36.0 Å². The Morgan fingerprint density at radius 3 is 2.67 bits per heavy atom. The highest BCUT2D eigenvalue weighted by atomic mass is 35.5. The number of methoxy groups -OCH3 is 1. The Kier molecular flexibility index (Phi) is 9.12. The summed E-state index contributed by atoms with van der Waals surface area (Å²) in [6, 6.07) is 15.8. The number of aliphatic hydroxyl groups excluding tert-OH is 1. The maximum absolute atomic E-state index is 12.4. The number of likely N-dealkylation sites (tertiary alicyclic amines) is 1. The molecule has 192 valence electrons. The summed E-state index contributed by atoms with van der Waals surface area (Å²) in [5.41, 5.74) is 0.457. The Balaban J connectivity index is 1.34. The zero-order valence-electron chi connectivity index (χ0n) is 20.5. The molecule has 4 rings (SSSR count). The number of nitrogens with zero attached hydrogens (tertiary/aromatic N) is 2. The molecule has 6 nitrogen and oxygen atoms in total. The van der Waals surface area contributed by atoms with Crippen LogP contribution in [0.3, 0.4) is 0 Å². The van der Waals surface area contributed by atoms with Crippen molar-refractivity contribution < 1.29 is 19.7 Å². The van der Waals surface area contributed by atoms with Crippen molar-refractivity contribution in [1.29, 1.82) is 0 Å². The fraction of sp³-hybridized carbons (Fsp3) is 0.429. The van der Waals surface area contributed by atoms with E-state index in [-0.39, 0.29) is 0 Å². The van der Waals surface area contributed by atoms with Crippen LogP contribution in [0, 0.1) is 5.41 Å². The summed E-state index contributed by atoms with van der Waals surface area (Å²) in [5.74, 6) is 0.917. The summed E-state index contributed by atoms with van der Waals surface area (Å²) in [4.78, 5) is 20.3. The number of hydrogen-bond acceptors (Lipinski definition) is 6. The second-order valence-corrected chi connectivity index (χ2v) is 11.0. The molecule has 2 aromatic carbocycles. The molecule has 8 heteroatoms. The molecule has 36 heavy (non-hydrogen) atoms. The number of aliphatic hydroxyl groups is 1. The molecule has 0 saturated carbocycles. The number of fused-ring (bicyclic) bond motifs is 1. The number of rotatable bonds is 11. The summed E-state index contributed by atoms with van der Waals surface area (Å²) in [7, 11) is 1.58. The Morgan fingerprint density at radius 2 is 1.97 bits per heavy atom. The van der Waals surface area contributed by atoms with Crippen LogP contribution in [0.5, 0.6) is 5.75 Å². The van der Waals surface area contributed by atoms with E-state index in [1.54, 1.807) is 7.11 Å². The predicted octanol–water partition coefficient (Wildman–Crippen LogP) is 6.06. The molecule has 1 aromatic heterocycles. The lowest BCUT2D eigenvalue weighted by molar-refractivity contribution is -0.153. The fourth-order valence-corrected chi connectivity index (χ4v) is 6.10. The quantitative estimate of drug-likeness (QED) is 0.231. The molecule has 0 unspecified atom stereocenters. The van der Waals surface area contributed by atoms with Crippen LogP contribution >= 0.6 is 23.4 Å². The van der Waals surface area contributed by atoms with Gasteiger partial charge < -0.3 is 19.8 Å². The topological polar surface area (TPSA) is 82.9 Å². The minimum Gasteiger partial charge on any atom is -0.497 e. The SMILES string of the molecule is COc1ccc2ncc(Cl)c([C@@H](O)CCC3(C(=O)O)CCN(CCCSc4ccccc4)CC3)c2c1. The van der Waals surface area contributed by atoms with Crippen molar-refractivity contribution in [3.05, 3.63) is 65.3 Å². The zero-order chi connectivity index (χ0) is 25.5. The van der Waals surface area contributed by atoms with Gasteiger partial charge in [-0.2, -0.15) is 0 Å². The molecule has 2 N–H and O–H groups in total. The van der Waals surface area contributed by atoms with E-state index >= 15 is 0 Å². The maximum atomic E-state index is 12.4. The Labute approximate surface area is 221 Å². The number of halogens is 1. The number of aliphatic carboxylic acids is 1. The third-order valence-electron chi connectivity index (χ3n) is 7.20. The van der Waals surface area contributed by atoms with Gasteiger partial charge in [-0.3, -0.25) is 9.78 Å². The second kappa shape index (κ2) is 12.3.